The van der Waals surface area contributed by atoms with Crippen LogP contribution in [0.5, 0.6) is 0 Å². The van der Waals surface area contributed by atoms with Gasteiger partial charge in [-0.3, -0.25) is 4.72 Å². The van der Waals surface area contributed by atoms with E-state index in [1.807, 2.05) is 6.92 Å². The Balaban J connectivity index is 2.41. The molecule has 3 nitrogen and oxygen atoms in total. The molecule has 0 fully saturated rings. The third-order valence-electron chi connectivity index (χ3n) is 2.55. The van der Waals surface area contributed by atoms with E-state index in [1.165, 1.54) is 0 Å². The fraction of sp³-hybridized carbons (Fsp3) is 0.0769. The molecule has 2 aromatic carbocycles. The van der Waals surface area contributed by atoms with Crippen molar-refractivity contribution in [1.29, 1.82) is 0 Å². The lowest BCUT2D eigenvalue weighted by atomic mass is 10.2. The summed E-state index contributed by atoms with van der Waals surface area (Å²) in [6.45, 7) is 1.89. The molecule has 0 heterocycles. The van der Waals surface area contributed by atoms with E-state index >= 15 is 0 Å². The van der Waals surface area contributed by atoms with Gasteiger partial charge in [0.25, 0.3) is 10.0 Å². The summed E-state index contributed by atoms with van der Waals surface area (Å²) in [5, 5.41) is 0.325. The molecule has 0 unspecified atom stereocenters. The average Bonchev–Trinajstić information content (AvgIpc) is 2.32. The zero-order chi connectivity index (χ0) is 14.9. The van der Waals surface area contributed by atoms with Gasteiger partial charge in [-0.05, 0) is 58.7 Å². The number of sulfonamides is 1. The molecule has 0 aromatic heterocycles. The summed E-state index contributed by atoms with van der Waals surface area (Å²) in [6.07, 6.45) is 0. The minimum absolute atomic E-state index is 0.169. The second-order valence-corrected chi connectivity index (χ2v) is 7.99. The SMILES string of the molecule is Cc1ccc(S(=O)(=O)Nc2ccc(Br)cc2Cl)c(Br)c1. The van der Waals surface area contributed by atoms with Crippen molar-refractivity contribution in [3.05, 3.63) is 55.9 Å². The lowest BCUT2D eigenvalue weighted by molar-refractivity contribution is 0.600. The summed E-state index contributed by atoms with van der Waals surface area (Å²) < 4.78 is 28.5. The second-order valence-electron chi connectivity index (χ2n) is 4.16. The molecule has 0 amide bonds. The van der Waals surface area contributed by atoms with Gasteiger partial charge in [0.1, 0.15) is 4.90 Å². The lowest BCUT2D eigenvalue weighted by Crippen LogP contribution is -2.14. The summed E-state index contributed by atoms with van der Waals surface area (Å²) in [7, 11) is -3.69. The van der Waals surface area contributed by atoms with Crippen LogP contribution in [0.15, 0.2) is 50.2 Å². The van der Waals surface area contributed by atoms with Gasteiger partial charge in [0.05, 0.1) is 10.7 Å². The number of aryl methyl sites for hydroxylation is 1. The Morgan fingerprint density at radius 3 is 2.40 bits per heavy atom. The predicted molar refractivity (Wildman–Crippen MR) is 88.8 cm³/mol. The molecule has 0 aliphatic heterocycles. The van der Waals surface area contributed by atoms with Gasteiger partial charge in [-0.2, -0.15) is 0 Å². The van der Waals surface area contributed by atoms with Crippen LogP contribution in [0.1, 0.15) is 5.56 Å². The Bertz CT molecular complexity index is 763. The van der Waals surface area contributed by atoms with Gasteiger partial charge in [0.15, 0.2) is 0 Å². The molecular formula is C13H10Br2ClNO2S. The second kappa shape index (κ2) is 6.05. The quantitative estimate of drug-likeness (QED) is 0.734. The maximum atomic E-state index is 12.4. The van der Waals surface area contributed by atoms with Gasteiger partial charge in [0, 0.05) is 8.95 Å². The molecule has 106 valence electrons. The minimum Gasteiger partial charge on any atom is -0.278 e. The van der Waals surface area contributed by atoms with Crippen molar-refractivity contribution < 1.29 is 8.42 Å². The molecule has 7 heteroatoms. The number of anilines is 1. The molecule has 2 rings (SSSR count). The van der Waals surface area contributed by atoms with Crippen molar-refractivity contribution in [3.8, 4) is 0 Å². The van der Waals surface area contributed by atoms with Crippen molar-refractivity contribution in [2.24, 2.45) is 0 Å². The summed E-state index contributed by atoms with van der Waals surface area (Å²) in [6, 6.07) is 9.98. The standard InChI is InChI=1S/C13H10Br2ClNO2S/c1-8-2-5-13(10(15)6-8)20(18,19)17-12-4-3-9(14)7-11(12)16/h2-7,17H,1H3. The van der Waals surface area contributed by atoms with E-state index in [4.69, 9.17) is 11.6 Å². The number of nitrogens with one attached hydrogen (secondary N) is 1. The molecule has 1 N–H and O–H groups in total. The molecule has 0 aliphatic carbocycles. The van der Waals surface area contributed by atoms with Crippen molar-refractivity contribution in [2.75, 3.05) is 4.72 Å². The maximum Gasteiger partial charge on any atom is 0.263 e. The molecule has 2 aromatic rings. The first-order valence-corrected chi connectivity index (χ1v) is 8.98. The van der Waals surface area contributed by atoms with Gasteiger partial charge in [-0.25, -0.2) is 8.42 Å². The van der Waals surface area contributed by atoms with E-state index in [0.717, 1.165) is 10.0 Å². The number of hydrogen-bond acceptors (Lipinski definition) is 2. The first kappa shape index (κ1) is 15.8. The zero-order valence-corrected chi connectivity index (χ0v) is 15.1. The van der Waals surface area contributed by atoms with E-state index in [1.54, 1.807) is 36.4 Å². The molecule has 20 heavy (non-hydrogen) atoms. The smallest absolute Gasteiger partial charge is 0.263 e. The van der Waals surface area contributed by atoms with E-state index in [2.05, 4.69) is 36.6 Å². The Kier molecular flexibility index (Phi) is 4.79. The Morgan fingerprint density at radius 2 is 1.80 bits per heavy atom. The highest BCUT2D eigenvalue weighted by atomic mass is 79.9. The summed E-state index contributed by atoms with van der Waals surface area (Å²) in [5.41, 5.74) is 1.31. The lowest BCUT2D eigenvalue weighted by Gasteiger charge is -2.11. The number of halogens is 3. The Labute approximate surface area is 139 Å². The molecule has 0 bridgehead atoms. The van der Waals surface area contributed by atoms with Gasteiger partial charge in [-0.15, -0.1) is 0 Å². The van der Waals surface area contributed by atoms with Crippen molar-refractivity contribution in [3.63, 3.8) is 0 Å². The van der Waals surface area contributed by atoms with E-state index in [-0.39, 0.29) is 4.90 Å². The fourth-order valence-corrected chi connectivity index (χ4v) is 4.65. The Hall–Kier alpha value is -0.560. The summed E-state index contributed by atoms with van der Waals surface area (Å²) in [4.78, 5) is 0.169. The van der Waals surface area contributed by atoms with Crippen LogP contribution in [0.4, 0.5) is 5.69 Å². The highest BCUT2D eigenvalue weighted by Crippen LogP contribution is 2.30. The van der Waals surface area contributed by atoms with Crippen LogP contribution < -0.4 is 4.72 Å². The summed E-state index contributed by atoms with van der Waals surface area (Å²) >= 11 is 12.6. The van der Waals surface area contributed by atoms with Crippen LogP contribution >= 0.6 is 43.5 Å². The predicted octanol–water partition coefficient (Wildman–Crippen LogP) is 4.97. The molecular weight excluding hydrogens is 429 g/mol. The van der Waals surface area contributed by atoms with E-state index < -0.39 is 10.0 Å². The first-order chi connectivity index (χ1) is 9.29. The molecule has 0 radical (unpaired) electrons. The van der Waals surface area contributed by atoms with Crippen LogP contribution in [0, 0.1) is 6.92 Å². The van der Waals surface area contributed by atoms with Crippen LogP contribution in [-0.4, -0.2) is 8.42 Å². The van der Waals surface area contributed by atoms with Crippen LogP contribution in [-0.2, 0) is 10.0 Å². The van der Waals surface area contributed by atoms with E-state index in [9.17, 15) is 8.42 Å². The normalized spacial score (nSPS) is 11.4. The molecule has 0 aliphatic rings. The molecule has 0 saturated carbocycles. The zero-order valence-electron chi connectivity index (χ0n) is 10.3. The topological polar surface area (TPSA) is 46.2 Å². The van der Waals surface area contributed by atoms with Crippen LogP contribution in [0.2, 0.25) is 5.02 Å². The number of rotatable bonds is 3. The maximum absolute atomic E-state index is 12.4. The Morgan fingerprint density at radius 1 is 1.10 bits per heavy atom. The highest BCUT2D eigenvalue weighted by Gasteiger charge is 2.18. The largest absolute Gasteiger partial charge is 0.278 e. The number of hydrogen-bond donors (Lipinski definition) is 1. The first-order valence-electron chi connectivity index (χ1n) is 5.53. The highest BCUT2D eigenvalue weighted by molar-refractivity contribution is 9.10. The average molecular weight is 440 g/mol. The third-order valence-corrected chi connectivity index (χ3v) is 5.70. The minimum atomic E-state index is -3.69. The molecule has 0 saturated heterocycles. The number of benzene rings is 2. The van der Waals surface area contributed by atoms with E-state index in [0.29, 0.717) is 15.2 Å². The van der Waals surface area contributed by atoms with Crippen LogP contribution in [0.25, 0.3) is 0 Å². The summed E-state index contributed by atoms with van der Waals surface area (Å²) in [5.74, 6) is 0. The van der Waals surface area contributed by atoms with Gasteiger partial charge in [-0.1, -0.05) is 33.6 Å². The van der Waals surface area contributed by atoms with Crippen molar-refractivity contribution >= 4 is 59.2 Å². The van der Waals surface area contributed by atoms with Gasteiger partial charge < -0.3 is 0 Å². The van der Waals surface area contributed by atoms with Gasteiger partial charge in [0.2, 0.25) is 0 Å². The molecule has 0 spiro atoms. The monoisotopic (exact) mass is 437 g/mol. The molecule has 0 atom stereocenters. The van der Waals surface area contributed by atoms with Crippen molar-refractivity contribution in [1.82, 2.24) is 0 Å². The van der Waals surface area contributed by atoms with Crippen LogP contribution in [0.3, 0.4) is 0 Å². The fourth-order valence-electron chi connectivity index (χ4n) is 1.60. The van der Waals surface area contributed by atoms with Gasteiger partial charge >= 0.3 is 0 Å². The van der Waals surface area contributed by atoms with Crippen molar-refractivity contribution in [2.45, 2.75) is 11.8 Å². The third kappa shape index (κ3) is 3.55.